The van der Waals surface area contributed by atoms with E-state index < -0.39 is 97.3 Å². The van der Waals surface area contributed by atoms with Gasteiger partial charge in [-0.1, -0.05) is 36.4 Å². The molecule has 6 N–H and O–H groups in total. The molecule has 0 aliphatic rings. The quantitative estimate of drug-likeness (QED) is 0.0580. The zero-order valence-electron chi connectivity index (χ0n) is 33.2. The summed E-state index contributed by atoms with van der Waals surface area (Å²) in [5.74, 6) is -0.782. The largest absolute Gasteiger partial charge is 0.425 e. The topological polar surface area (TPSA) is 423 Å². The van der Waals surface area contributed by atoms with Gasteiger partial charge in [0.05, 0.1) is 38.3 Å². The molecule has 6 aromatic rings. The lowest BCUT2D eigenvalue weighted by Crippen LogP contribution is -2.18. The molecule has 5 aromatic carbocycles. The summed E-state index contributed by atoms with van der Waals surface area (Å²) in [7, 11) is -27.9. The van der Waals surface area contributed by atoms with Gasteiger partial charge in [-0.2, -0.15) is 72.5 Å². The first-order valence-corrected chi connectivity index (χ1v) is 26.2. The summed E-state index contributed by atoms with van der Waals surface area (Å²) in [6, 6.07) is 21.1. The Balaban J connectivity index is 0.00000202. The Kier molecular flexibility index (Phi) is 15.8. The van der Waals surface area contributed by atoms with Gasteiger partial charge < -0.3 is 5.32 Å². The normalized spacial score (nSPS) is 12.6. The number of nitrogens with one attached hydrogen (secondary N) is 1. The standard InChI is InChI=1S/C35H30N8O15S5.O3S/c44-59(45,46)13-12-36-35-38-33(37-34(39-35)15-22-8-11-25(17-30(22)61(50,51)52)42-40-23-4-2-1-3-5-23)14-21-6-9-24(10-7-21)41-43-26-16-28-29(31(18-26)62(53,54)55)19-27(60(47,48)49)20-32(28)63(56,57)58;1-4(2)3/h1-11,16-20H,12-15H2,(H,44,45,46)(H,47,48,49)(H,50,51,52)(H,53,54,55)(H,56,57,58)(H,36,37,38,39);. The lowest BCUT2D eigenvalue weighted by molar-refractivity contribution is 0.478. The maximum atomic E-state index is 12.5. The van der Waals surface area contributed by atoms with Crippen molar-refractivity contribution in [1.82, 2.24) is 15.0 Å². The van der Waals surface area contributed by atoms with Crippen LogP contribution in [0.5, 0.6) is 0 Å². The third-order valence-electron chi connectivity index (χ3n) is 8.47. The van der Waals surface area contributed by atoms with Gasteiger partial charge in [0, 0.05) is 30.2 Å². The highest BCUT2D eigenvalue weighted by Crippen LogP contribution is 2.36. The van der Waals surface area contributed by atoms with Crippen LogP contribution in [0.15, 0.2) is 137 Å². The molecule has 354 valence electrons. The van der Waals surface area contributed by atoms with Crippen LogP contribution in [0.2, 0.25) is 0 Å². The Labute approximate surface area is 381 Å². The van der Waals surface area contributed by atoms with Crippen LogP contribution in [0.4, 0.5) is 28.7 Å². The zero-order valence-corrected chi connectivity index (χ0v) is 38.1. The van der Waals surface area contributed by atoms with E-state index in [4.69, 9.17) is 12.6 Å². The van der Waals surface area contributed by atoms with Crippen LogP contribution >= 0.6 is 0 Å². The predicted molar refractivity (Wildman–Crippen MR) is 231 cm³/mol. The van der Waals surface area contributed by atoms with E-state index >= 15 is 0 Å². The minimum Gasteiger partial charge on any atom is -0.353 e. The number of nitrogens with zero attached hydrogens (tertiary/aromatic N) is 7. The van der Waals surface area contributed by atoms with Crippen molar-refractivity contribution in [1.29, 1.82) is 0 Å². The fraction of sp³-hybridized carbons (Fsp3) is 0.114. The van der Waals surface area contributed by atoms with Gasteiger partial charge in [0.2, 0.25) is 5.95 Å². The van der Waals surface area contributed by atoms with Crippen LogP contribution in [-0.2, 0) is 74.0 Å². The van der Waals surface area contributed by atoms with E-state index in [1.165, 1.54) is 24.3 Å². The van der Waals surface area contributed by atoms with E-state index in [-0.39, 0.29) is 59.6 Å². The first-order valence-electron chi connectivity index (χ1n) is 17.9. The maximum Gasteiger partial charge on any atom is 0.425 e. The molecule has 67 heavy (non-hydrogen) atoms. The Morgan fingerprint density at radius 3 is 1.52 bits per heavy atom. The monoisotopic (exact) mass is 1040 g/mol. The molecule has 0 spiro atoms. The van der Waals surface area contributed by atoms with Crippen LogP contribution in [0.1, 0.15) is 22.8 Å². The second-order valence-corrected chi connectivity index (χ2v) is 20.9. The number of rotatable bonds is 16. The minimum absolute atomic E-state index is 0.0176. The van der Waals surface area contributed by atoms with Gasteiger partial charge in [-0.25, -0.2) is 4.98 Å². The molecule has 0 atom stereocenters. The summed E-state index contributed by atoms with van der Waals surface area (Å²) in [5.41, 5.74) is 0.940. The van der Waals surface area contributed by atoms with Gasteiger partial charge >= 0.3 is 10.6 Å². The van der Waals surface area contributed by atoms with Gasteiger partial charge in [-0.05, 0) is 71.8 Å². The van der Waals surface area contributed by atoms with E-state index in [9.17, 15) is 64.9 Å². The third-order valence-corrected chi connectivity index (χ3v) is 12.7. The van der Waals surface area contributed by atoms with Gasteiger partial charge in [0.15, 0.2) is 0 Å². The zero-order chi connectivity index (χ0) is 49.5. The summed E-state index contributed by atoms with van der Waals surface area (Å²) in [6.45, 7) is -0.329. The van der Waals surface area contributed by atoms with Crippen molar-refractivity contribution in [2.45, 2.75) is 32.4 Å². The average Bonchev–Trinajstić information content (AvgIpc) is 3.20. The van der Waals surface area contributed by atoms with Crippen molar-refractivity contribution in [3.63, 3.8) is 0 Å². The highest BCUT2D eigenvalue weighted by molar-refractivity contribution is 7.87. The number of hydrogen-bond donors (Lipinski definition) is 6. The fourth-order valence-corrected chi connectivity index (χ4v) is 8.89. The molecule has 1 aromatic heterocycles. The summed E-state index contributed by atoms with van der Waals surface area (Å²) >= 11 is 0. The molecule has 0 aliphatic heterocycles. The Morgan fingerprint density at radius 2 is 0.970 bits per heavy atom. The molecule has 0 radical (unpaired) electrons. The smallest absolute Gasteiger partial charge is 0.353 e. The van der Waals surface area contributed by atoms with E-state index in [0.717, 1.165) is 18.2 Å². The molecule has 6 rings (SSSR count). The molecule has 0 amide bonds. The minimum atomic E-state index is -5.26. The van der Waals surface area contributed by atoms with Crippen molar-refractivity contribution in [2.75, 3.05) is 17.6 Å². The van der Waals surface area contributed by atoms with Crippen LogP contribution in [0.3, 0.4) is 0 Å². The van der Waals surface area contributed by atoms with E-state index in [1.54, 1.807) is 42.5 Å². The van der Waals surface area contributed by atoms with Crippen LogP contribution in [0, 0.1) is 0 Å². The van der Waals surface area contributed by atoms with Crippen molar-refractivity contribution < 1.29 is 77.5 Å². The van der Waals surface area contributed by atoms with E-state index in [0.29, 0.717) is 23.4 Å². The molecule has 32 heteroatoms. The molecule has 0 bridgehead atoms. The van der Waals surface area contributed by atoms with Crippen LogP contribution in [-0.4, -0.2) is 105 Å². The summed E-state index contributed by atoms with van der Waals surface area (Å²) in [4.78, 5) is 9.22. The number of fused-ring (bicyclic) bond motifs is 1. The van der Waals surface area contributed by atoms with Gasteiger partial charge in [0.1, 0.15) is 21.4 Å². The molecule has 0 aliphatic carbocycles. The van der Waals surface area contributed by atoms with Gasteiger partial charge in [0.25, 0.3) is 50.6 Å². The first-order chi connectivity index (χ1) is 31.0. The predicted octanol–water partition coefficient (Wildman–Crippen LogP) is 4.32. The second-order valence-electron chi connectivity index (χ2n) is 13.3. The number of hydrogen-bond acceptors (Lipinski definition) is 21. The van der Waals surface area contributed by atoms with Crippen molar-refractivity contribution in [2.24, 2.45) is 20.5 Å². The number of anilines is 1. The number of benzene rings is 5. The highest BCUT2D eigenvalue weighted by atomic mass is 32.2. The Bertz CT molecular complexity index is 3640. The Hall–Kier alpha value is -6.46. The molecule has 1 heterocycles. The number of azo groups is 2. The summed E-state index contributed by atoms with van der Waals surface area (Å²) in [6.07, 6.45) is -0.301. The maximum absolute atomic E-state index is 12.5. The summed E-state index contributed by atoms with van der Waals surface area (Å²) in [5, 5.41) is 17.4. The molecular weight excluding hydrogens is 1010 g/mol. The molecule has 26 nitrogen and oxygen atoms in total. The average molecular weight is 1040 g/mol. The van der Waals surface area contributed by atoms with Crippen molar-refractivity contribution in [3.8, 4) is 0 Å². The molecular formula is C35H30N8O18S6. The summed E-state index contributed by atoms with van der Waals surface area (Å²) < 4.78 is 194. The van der Waals surface area contributed by atoms with Crippen LogP contribution in [0.25, 0.3) is 10.8 Å². The SMILES string of the molecule is O=S(=O)(O)CCNc1nc(Cc2ccc(N=Nc3cc(S(=O)(=O)O)c4cc(S(=O)(=O)O)cc(S(=O)(=O)O)c4c3)cc2)nc(Cc2ccc(N=Nc3ccccc3)cc2S(=O)(=O)O)n1.O=S(=O)=O. The molecule has 0 unspecified atom stereocenters. The van der Waals surface area contributed by atoms with Gasteiger partial charge in [-0.3, -0.25) is 22.8 Å². The highest BCUT2D eigenvalue weighted by Gasteiger charge is 2.26. The third kappa shape index (κ3) is 15.3. The second kappa shape index (κ2) is 20.6. The lowest BCUT2D eigenvalue weighted by Gasteiger charge is -2.11. The van der Waals surface area contributed by atoms with Crippen LogP contribution < -0.4 is 5.32 Å². The van der Waals surface area contributed by atoms with Crippen molar-refractivity contribution in [3.05, 3.63) is 120 Å². The van der Waals surface area contributed by atoms with Gasteiger partial charge in [-0.15, -0.1) is 12.6 Å². The lowest BCUT2D eigenvalue weighted by atomic mass is 10.1. The first kappa shape index (κ1) is 51.5. The fourth-order valence-electron chi connectivity index (χ4n) is 5.74. The molecule has 0 saturated heterocycles. The molecule has 0 saturated carbocycles. The Morgan fingerprint density at radius 1 is 0.493 bits per heavy atom. The van der Waals surface area contributed by atoms with E-state index in [1.807, 2.05) is 0 Å². The molecule has 0 fully saturated rings. The van der Waals surface area contributed by atoms with E-state index in [2.05, 4.69) is 40.7 Å². The number of aromatic nitrogens is 3. The van der Waals surface area contributed by atoms with Crippen molar-refractivity contribution >= 4 is 101 Å².